The second kappa shape index (κ2) is 2.96. The highest BCUT2D eigenvalue weighted by molar-refractivity contribution is 5.65. The molecular weight excluding hydrogens is 184 g/mol. The summed E-state index contributed by atoms with van der Waals surface area (Å²) in [5.74, 6) is 0.711. The van der Waals surface area contributed by atoms with Crippen LogP contribution in [0.25, 0.3) is 11.7 Å². The summed E-state index contributed by atoms with van der Waals surface area (Å²) in [5.41, 5.74) is 4.74. The Morgan fingerprint density at radius 1 is 1.53 bits per heavy atom. The molecule has 2 aromatic heterocycles. The number of imidazole rings is 1. The predicted octanol–water partition coefficient (Wildman–Crippen LogP) is 3.16. The van der Waals surface area contributed by atoms with Crippen LogP contribution in [0.4, 0.5) is 0 Å². The van der Waals surface area contributed by atoms with Crippen molar-refractivity contribution in [3.63, 3.8) is 0 Å². The molecule has 0 saturated heterocycles. The second-order valence-electron chi connectivity index (χ2n) is 4.22. The molecular formula is C13H14N2. The molecule has 0 radical (unpaired) electrons. The largest absolute Gasteiger partial charge is 0.304 e. The molecule has 2 nitrogen and oxygen atoms in total. The highest BCUT2D eigenvalue weighted by Gasteiger charge is 2.28. The number of fused-ring (bicyclic) bond motifs is 1. The number of hydrogen-bond donors (Lipinski definition) is 0. The number of rotatable bonds is 2. The van der Waals surface area contributed by atoms with Crippen LogP contribution in [0.15, 0.2) is 24.9 Å². The van der Waals surface area contributed by atoms with Crippen LogP contribution in [-0.2, 0) is 0 Å². The Morgan fingerprint density at radius 2 is 2.33 bits per heavy atom. The van der Waals surface area contributed by atoms with Crippen LogP contribution in [0.1, 0.15) is 35.7 Å². The van der Waals surface area contributed by atoms with Crippen molar-refractivity contribution >= 4 is 11.7 Å². The van der Waals surface area contributed by atoms with Gasteiger partial charge in [-0.05, 0) is 31.9 Å². The van der Waals surface area contributed by atoms with Gasteiger partial charge in [-0.2, -0.15) is 0 Å². The quantitative estimate of drug-likeness (QED) is 0.724. The van der Waals surface area contributed by atoms with E-state index >= 15 is 0 Å². The lowest BCUT2D eigenvalue weighted by molar-refractivity contribution is 1.01. The van der Waals surface area contributed by atoms with E-state index in [1.165, 1.54) is 24.2 Å². The second-order valence-corrected chi connectivity index (χ2v) is 4.22. The summed E-state index contributed by atoms with van der Waals surface area (Å²) >= 11 is 0. The van der Waals surface area contributed by atoms with E-state index in [2.05, 4.69) is 36.2 Å². The first-order valence-electron chi connectivity index (χ1n) is 5.41. The van der Waals surface area contributed by atoms with Crippen LogP contribution in [0.5, 0.6) is 0 Å². The van der Waals surface area contributed by atoms with Crippen LogP contribution in [0, 0.1) is 6.92 Å². The Kier molecular flexibility index (Phi) is 1.72. The van der Waals surface area contributed by atoms with Crippen molar-refractivity contribution in [3.05, 3.63) is 41.9 Å². The lowest BCUT2D eigenvalue weighted by Gasteiger charge is -1.98. The van der Waals surface area contributed by atoms with E-state index < -0.39 is 0 Å². The van der Waals surface area contributed by atoms with Gasteiger partial charge in [0.05, 0.1) is 5.69 Å². The molecule has 2 heteroatoms. The number of nitrogens with zero attached hydrogens (tertiary/aromatic N) is 2. The number of pyridine rings is 1. The van der Waals surface area contributed by atoms with Gasteiger partial charge in [-0.15, -0.1) is 0 Å². The van der Waals surface area contributed by atoms with Gasteiger partial charge < -0.3 is 4.40 Å². The average molecular weight is 198 g/mol. The Labute approximate surface area is 89.3 Å². The van der Waals surface area contributed by atoms with Gasteiger partial charge in [0, 0.05) is 23.4 Å². The summed E-state index contributed by atoms with van der Waals surface area (Å²) in [5, 5.41) is 0. The molecule has 1 aliphatic rings. The Morgan fingerprint density at radius 3 is 3.00 bits per heavy atom. The summed E-state index contributed by atoms with van der Waals surface area (Å²) < 4.78 is 2.17. The smallest absolute Gasteiger partial charge is 0.144 e. The van der Waals surface area contributed by atoms with Crippen LogP contribution in [0.3, 0.4) is 0 Å². The fourth-order valence-electron chi connectivity index (χ4n) is 2.13. The third-order valence-electron chi connectivity index (χ3n) is 3.14. The van der Waals surface area contributed by atoms with Gasteiger partial charge in [0.15, 0.2) is 0 Å². The van der Waals surface area contributed by atoms with Crippen LogP contribution in [-0.4, -0.2) is 9.38 Å². The van der Waals surface area contributed by atoms with E-state index in [9.17, 15) is 0 Å². The number of aromatic nitrogens is 2. The topological polar surface area (TPSA) is 17.3 Å². The first-order chi connectivity index (χ1) is 7.31. The SMILES string of the molecule is C=Cc1cccn2c(C)c(C3CC3)nc12. The molecule has 2 aromatic rings. The monoisotopic (exact) mass is 198 g/mol. The molecule has 0 aliphatic heterocycles. The molecule has 3 rings (SSSR count). The minimum atomic E-state index is 0.711. The van der Waals surface area contributed by atoms with Gasteiger partial charge in [-0.25, -0.2) is 4.98 Å². The summed E-state index contributed by atoms with van der Waals surface area (Å²) in [7, 11) is 0. The summed E-state index contributed by atoms with van der Waals surface area (Å²) in [6.07, 6.45) is 6.55. The van der Waals surface area contributed by atoms with Crippen LogP contribution >= 0.6 is 0 Å². The highest BCUT2D eigenvalue weighted by Crippen LogP contribution is 2.41. The molecule has 0 spiro atoms. The summed E-state index contributed by atoms with van der Waals surface area (Å²) in [4.78, 5) is 4.74. The Hall–Kier alpha value is -1.57. The minimum absolute atomic E-state index is 0.711. The number of aryl methyl sites for hydroxylation is 1. The summed E-state index contributed by atoms with van der Waals surface area (Å²) in [6, 6.07) is 4.11. The molecule has 0 amide bonds. The van der Waals surface area contributed by atoms with Gasteiger partial charge in [-0.1, -0.05) is 12.7 Å². The van der Waals surface area contributed by atoms with E-state index in [0.717, 1.165) is 11.2 Å². The van der Waals surface area contributed by atoms with Gasteiger partial charge >= 0.3 is 0 Å². The van der Waals surface area contributed by atoms with E-state index in [-0.39, 0.29) is 0 Å². The first-order valence-corrected chi connectivity index (χ1v) is 5.41. The van der Waals surface area contributed by atoms with Crippen LogP contribution in [0.2, 0.25) is 0 Å². The molecule has 0 N–H and O–H groups in total. The molecule has 2 heterocycles. The van der Waals surface area contributed by atoms with Crippen molar-refractivity contribution in [2.75, 3.05) is 0 Å². The molecule has 0 aromatic carbocycles. The zero-order valence-electron chi connectivity index (χ0n) is 8.90. The highest BCUT2D eigenvalue weighted by atomic mass is 15.0. The maximum Gasteiger partial charge on any atom is 0.144 e. The van der Waals surface area contributed by atoms with E-state index in [4.69, 9.17) is 4.98 Å². The molecule has 0 bridgehead atoms. The van der Waals surface area contributed by atoms with E-state index in [1.54, 1.807) is 0 Å². The van der Waals surface area contributed by atoms with Crippen molar-refractivity contribution in [2.45, 2.75) is 25.7 Å². The minimum Gasteiger partial charge on any atom is -0.304 e. The molecule has 1 fully saturated rings. The maximum absolute atomic E-state index is 4.74. The summed E-state index contributed by atoms with van der Waals surface area (Å²) in [6.45, 7) is 5.98. The lowest BCUT2D eigenvalue weighted by Crippen LogP contribution is -1.89. The van der Waals surface area contributed by atoms with Gasteiger partial charge in [0.2, 0.25) is 0 Å². The molecule has 15 heavy (non-hydrogen) atoms. The van der Waals surface area contributed by atoms with E-state index in [1.807, 2.05) is 6.08 Å². The standard InChI is InChI=1S/C13H14N2/c1-3-10-5-4-8-15-9(2)12(11-6-7-11)14-13(10)15/h3-5,8,11H,1,6-7H2,2H3. The lowest BCUT2D eigenvalue weighted by atomic mass is 10.2. The predicted molar refractivity (Wildman–Crippen MR) is 62.0 cm³/mol. The van der Waals surface area contributed by atoms with Crippen molar-refractivity contribution in [1.29, 1.82) is 0 Å². The Bertz CT molecular complexity index is 533. The van der Waals surface area contributed by atoms with Crippen LogP contribution < -0.4 is 0 Å². The molecule has 0 atom stereocenters. The normalized spacial score (nSPS) is 15.8. The van der Waals surface area contributed by atoms with Crippen molar-refractivity contribution < 1.29 is 0 Å². The molecule has 76 valence electrons. The van der Waals surface area contributed by atoms with Crippen molar-refractivity contribution in [1.82, 2.24) is 9.38 Å². The Balaban J connectivity index is 2.33. The zero-order chi connectivity index (χ0) is 10.4. The number of hydrogen-bond acceptors (Lipinski definition) is 1. The first kappa shape index (κ1) is 8.72. The van der Waals surface area contributed by atoms with Crippen molar-refractivity contribution in [2.24, 2.45) is 0 Å². The van der Waals surface area contributed by atoms with Crippen molar-refractivity contribution in [3.8, 4) is 0 Å². The fraction of sp³-hybridized carbons (Fsp3) is 0.308. The van der Waals surface area contributed by atoms with Gasteiger partial charge in [0.1, 0.15) is 5.65 Å². The molecule has 0 unspecified atom stereocenters. The molecule has 1 saturated carbocycles. The zero-order valence-corrected chi connectivity index (χ0v) is 8.90. The van der Waals surface area contributed by atoms with E-state index in [0.29, 0.717) is 5.92 Å². The average Bonchev–Trinajstić information content (AvgIpc) is 3.04. The molecule has 1 aliphatic carbocycles. The third-order valence-corrected chi connectivity index (χ3v) is 3.14. The maximum atomic E-state index is 4.74. The fourth-order valence-corrected chi connectivity index (χ4v) is 2.13. The van der Waals surface area contributed by atoms with Gasteiger partial charge in [-0.3, -0.25) is 0 Å². The third kappa shape index (κ3) is 1.21. The van der Waals surface area contributed by atoms with Gasteiger partial charge in [0.25, 0.3) is 0 Å².